The SMILES string of the molecule is CC(C)C(=O)NCc1ccc(Cl)c(-c2nc3cc(C(F)(F)F)ccc3c(=O)[nH]2)c1. The molecule has 0 unspecified atom stereocenters. The van der Waals surface area contributed by atoms with Gasteiger partial charge in [0.15, 0.2) is 0 Å². The van der Waals surface area contributed by atoms with Crippen molar-refractivity contribution in [1.82, 2.24) is 15.3 Å². The van der Waals surface area contributed by atoms with Crippen LogP contribution in [-0.4, -0.2) is 15.9 Å². The van der Waals surface area contributed by atoms with E-state index in [2.05, 4.69) is 15.3 Å². The highest BCUT2D eigenvalue weighted by atomic mass is 35.5. The standard InChI is InChI=1S/C20H17ClF3N3O2/c1-10(2)18(28)25-9-11-3-6-15(21)14(7-11)17-26-16-8-12(20(22,23)24)4-5-13(16)19(29)27-17/h3-8,10H,9H2,1-2H3,(H,25,28)(H,26,27,29). The van der Waals surface area contributed by atoms with E-state index >= 15 is 0 Å². The number of benzene rings is 2. The van der Waals surface area contributed by atoms with E-state index in [-0.39, 0.29) is 40.1 Å². The second-order valence-electron chi connectivity index (χ2n) is 6.83. The van der Waals surface area contributed by atoms with Crippen LogP contribution in [0.15, 0.2) is 41.2 Å². The molecule has 29 heavy (non-hydrogen) atoms. The molecule has 0 saturated heterocycles. The van der Waals surface area contributed by atoms with Crippen molar-refractivity contribution < 1.29 is 18.0 Å². The van der Waals surface area contributed by atoms with Gasteiger partial charge in [0.25, 0.3) is 5.56 Å². The maximum Gasteiger partial charge on any atom is 0.416 e. The van der Waals surface area contributed by atoms with Gasteiger partial charge in [0.1, 0.15) is 5.82 Å². The quantitative estimate of drug-likeness (QED) is 0.647. The van der Waals surface area contributed by atoms with Crippen LogP contribution in [0.25, 0.3) is 22.3 Å². The fraction of sp³-hybridized carbons (Fsp3) is 0.250. The van der Waals surface area contributed by atoms with Gasteiger partial charge in [-0.2, -0.15) is 13.2 Å². The third-order valence-electron chi connectivity index (χ3n) is 4.31. The van der Waals surface area contributed by atoms with Gasteiger partial charge in [-0.3, -0.25) is 9.59 Å². The Labute approximate surface area is 168 Å². The van der Waals surface area contributed by atoms with E-state index in [9.17, 15) is 22.8 Å². The summed E-state index contributed by atoms with van der Waals surface area (Å²) in [5.74, 6) is -0.259. The number of H-pyrrole nitrogens is 1. The lowest BCUT2D eigenvalue weighted by Crippen LogP contribution is -2.27. The largest absolute Gasteiger partial charge is 0.416 e. The van der Waals surface area contributed by atoms with Gasteiger partial charge in [0.2, 0.25) is 5.91 Å². The Hall–Kier alpha value is -2.87. The smallest absolute Gasteiger partial charge is 0.352 e. The summed E-state index contributed by atoms with van der Waals surface area (Å²) < 4.78 is 39.0. The maximum absolute atomic E-state index is 13.0. The third-order valence-corrected chi connectivity index (χ3v) is 4.64. The van der Waals surface area contributed by atoms with Crippen molar-refractivity contribution >= 4 is 28.4 Å². The van der Waals surface area contributed by atoms with E-state index < -0.39 is 17.3 Å². The number of aromatic nitrogens is 2. The van der Waals surface area contributed by atoms with Gasteiger partial charge in [-0.15, -0.1) is 0 Å². The second kappa shape index (κ2) is 7.87. The van der Waals surface area contributed by atoms with Gasteiger partial charge < -0.3 is 10.3 Å². The molecule has 1 aromatic heterocycles. The number of nitrogens with zero attached hydrogens (tertiary/aromatic N) is 1. The number of carbonyl (C=O) groups is 1. The van der Waals surface area contributed by atoms with E-state index in [0.717, 1.165) is 18.2 Å². The van der Waals surface area contributed by atoms with Crippen molar-refractivity contribution in [3.05, 3.63) is 62.9 Å². The molecule has 0 saturated carbocycles. The molecule has 0 aliphatic carbocycles. The van der Waals surface area contributed by atoms with Gasteiger partial charge in [-0.05, 0) is 35.9 Å². The molecule has 0 bridgehead atoms. The van der Waals surface area contributed by atoms with Crippen LogP contribution in [0.3, 0.4) is 0 Å². The second-order valence-corrected chi connectivity index (χ2v) is 7.24. The molecule has 152 valence electrons. The lowest BCUT2D eigenvalue weighted by molar-refractivity contribution is -0.137. The lowest BCUT2D eigenvalue weighted by atomic mass is 10.1. The molecule has 0 aliphatic heterocycles. The fourth-order valence-electron chi connectivity index (χ4n) is 2.70. The maximum atomic E-state index is 13.0. The van der Waals surface area contributed by atoms with E-state index in [4.69, 9.17) is 11.6 Å². The highest BCUT2D eigenvalue weighted by Crippen LogP contribution is 2.31. The number of alkyl halides is 3. The van der Waals surface area contributed by atoms with Crippen LogP contribution in [-0.2, 0) is 17.5 Å². The number of nitrogens with one attached hydrogen (secondary N) is 2. The van der Waals surface area contributed by atoms with E-state index in [0.29, 0.717) is 11.1 Å². The van der Waals surface area contributed by atoms with Crippen molar-refractivity contribution in [2.24, 2.45) is 5.92 Å². The lowest BCUT2D eigenvalue weighted by Gasteiger charge is -2.11. The van der Waals surface area contributed by atoms with Gasteiger partial charge in [-0.1, -0.05) is 31.5 Å². The minimum Gasteiger partial charge on any atom is -0.352 e. The highest BCUT2D eigenvalue weighted by molar-refractivity contribution is 6.33. The Bertz CT molecular complexity index is 1140. The Morgan fingerprint density at radius 1 is 1.21 bits per heavy atom. The first-order valence-corrected chi connectivity index (χ1v) is 9.12. The molecule has 1 amide bonds. The summed E-state index contributed by atoms with van der Waals surface area (Å²) >= 11 is 6.22. The summed E-state index contributed by atoms with van der Waals surface area (Å²) in [6, 6.07) is 7.66. The molecule has 0 radical (unpaired) electrons. The Kier molecular flexibility index (Phi) is 5.66. The van der Waals surface area contributed by atoms with E-state index in [1.54, 1.807) is 32.0 Å². The molecular weight excluding hydrogens is 407 g/mol. The van der Waals surface area contributed by atoms with Gasteiger partial charge >= 0.3 is 6.18 Å². The molecule has 0 fully saturated rings. The van der Waals surface area contributed by atoms with Crippen molar-refractivity contribution in [1.29, 1.82) is 0 Å². The molecule has 2 N–H and O–H groups in total. The van der Waals surface area contributed by atoms with Crippen LogP contribution < -0.4 is 10.9 Å². The van der Waals surface area contributed by atoms with Gasteiger partial charge in [0.05, 0.1) is 21.5 Å². The summed E-state index contributed by atoms with van der Waals surface area (Å²) in [7, 11) is 0. The first kappa shape index (κ1) is 20.9. The molecule has 9 heteroatoms. The number of halogens is 4. The monoisotopic (exact) mass is 423 g/mol. The first-order chi connectivity index (χ1) is 13.6. The molecule has 0 atom stereocenters. The number of fused-ring (bicyclic) bond motifs is 1. The molecule has 1 heterocycles. The topological polar surface area (TPSA) is 74.8 Å². The minimum atomic E-state index is -4.55. The van der Waals surface area contributed by atoms with Crippen molar-refractivity contribution in [2.75, 3.05) is 0 Å². The number of rotatable bonds is 4. The zero-order chi connectivity index (χ0) is 21.3. The molecule has 2 aromatic carbocycles. The zero-order valence-electron chi connectivity index (χ0n) is 15.5. The van der Waals surface area contributed by atoms with Crippen molar-refractivity contribution in [3.8, 4) is 11.4 Å². The predicted molar refractivity (Wildman–Crippen MR) is 104 cm³/mol. The van der Waals surface area contributed by atoms with Crippen LogP contribution >= 0.6 is 11.6 Å². The number of hydrogen-bond acceptors (Lipinski definition) is 3. The van der Waals surface area contributed by atoms with Gasteiger partial charge in [-0.25, -0.2) is 4.98 Å². The normalized spacial score (nSPS) is 11.8. The third kappa shape index (κ3) is 4.59. The van der Waals surface area contributed by atoms with Crippen LogP contribution in [0.2, 0.25) is 5.02 Å². The zero-order valence-corrected chi connectivity index (χ0v) is 16.3. The number of hydrogen-bond donors (Lipinski definition) is 2. The molecule has 3 aromatic rings. The van der Waals surface area contributed by atoms with Crippen LogP contribution in [0.4, 0.5) is 13.2 Å². The molecule has 5 nitrogen and oxygen atoms in total. The number of amides is 1. The average Bonchev–Trinajstić information content (AvgIpc) is 2.65. The Morgan fingerprint density at radius 3 is 2.59 bits per heavy atom. The van der Waals surface area contributed by atoms with Crippen LogP contribution in [0.1, 0.15) is 25.0 Å². The van der Waals surface area contributed by atoms with Crippen molar-refractivity contribution in [3.63, 3.8) is 0 Å². The summed E-state index contributed by atoms with van der Waals surface area (Å²) in [5, 5.41) is 3.06. The summed E-state index contributed by atoms with van der Waals surface area (Å²) in [6.07, 6.45) is -4.55. The minimum absolute atomic E-state index is 0.0400. The van der Waals surface area contributed by atoms with E-state index in [1.165, 1.54) is 0 Å². The van der Waals surface area contributed by atoms with Crippen molar-refractivity contribution in [2.45, 2.75) is 26.6 Å². The van der Waals surface area contributed by atoms with Crippen LogP contribution in [0, 0.1) is 5.92 Å². The first-order valence-electron chi connectivity index (χ1n) is 8.74. The fourth-order valence-corrected chi connectivity index (χ4v) is 2.91. The predicted octanol–water partition coefficient (Wildman–Crippen LogP) is 4.53. The molecular formula is C20H17ClF3N3O2. The van der Waals surface area contributed by atoms with Crippen LogP contribution in [0.5, 0.6) is 0 Å². The average molecular weight is 424 g/mol. The summed E-state index contributed by atoms with van der Waals surface area (Å²) in [5.41, 5.74) is -0.517. The summed E-state index contributed by atoms with van der Waals surface area (Å²) in [6.45, 7) is 3.76. The van der Waals surface area contributed by atoms with Gasteiger partial charge in [0, 0.05) is 18.0 Å². The Morgan fingerprint density at radius 2 is 1.93 bits per heavy atom. The highest BCUT2D eigenvalue weighted by Gasteiger charge is 2.30. The number of carbonyl (C=O) groups excluding carboxylic acids is 1. The van der Waals surface area contributed by atoms with E-state index in [1.807, 2.05) is 0 Å². The number of aromatic amines is 1. The Balaban J connectivity index is 2.04. The molecule has 0 spiro atoms. The molecule has 0 aliphatic rings. The summed E-state index contributed by atoms with van der Waals surface area (Å²) in [4.78, 5) is 30.8. The molecule has 3 rings (SSSR count).